The molecule has 0 aromatic heterocycles. The molecule has 0 spiro atoms. The second-order valence-electron chi connectivity index (χ2n) is 7.80. The first-order valence-corrected chi connectivity index (χ1v) is 10.1. The van der Waals surface area contributed by atoms with Gasteiger partial charge in [-0.25, -0.2) is 0 Å². The molecule has 0 saturated carbocycles. The third kappa shape index (κ3) is 3.80. The third-order valence-electron chi connectivity index (χ3n) is 6.07. The first-order chi connectivity index (χ1) is 13.6. The van der Waals surface area contributed by atoms with Crippen LogP contribution in [0.2, 0.25) is 0 Å². The maximum atomic E-state index is 13.1. The van der Waals surface area contributed by atoms with E-state index >= 15 is 0 Å². The third-order valence-corrected chi connectivity index (χ3v) is 6.07. The number of piperidine rings is 1. The molecular formula is C23H27N3O2. The average molecular weight is 377 g/mol. The van der Waals surface area contributed by atoms with Crippen molar-refractivity contribution >= 4 is 11.8 Å². The van der Waals surface area contributed by atoms with E-state index in [2.05, 4.69) is 23.1 Å². The molecule has 2 heterocycles. The molecule has 0 bridgehead atoms. The van der Waals surface area contributed by atoms with E-state index in [-0.39, 0.29) is 17.7 Å². The fourth-order valence-electron chi connectivity index (χ4n) is 4.54. The number of hydrogen-bond donors (Lipinski definition) is 1. The number of carbonyl (C=O) groups is 2. The number of benzene rings is 2. The molecule has 2 N–H and O–H groups in total. The summed E-state index contributed by atoms with van der Waals surface area (Å²) >= 11 is 0. The Morgan fingerprint density at radius 3 is 2.21 bits per heavy atom. The fraction of sp³-hybridized carbons (Fsp3) is 0.391. The molecule has 1 atom stereocenters. The fourth-order valence-corrected chi connectivity index (χ4v) is 4.54. The summed E-state index contributed by atoms with van der Waals surface area (Å²) in [6.07, 6.45) is 2.47. The Kier molecular flexibility index (Phi) is 5.44. The van der Waals surface area contributed by atoms with Crippen LogP contribution in [-0.4, -0.2) is 41.2 Å². The number of rotatable bonds is 4. The quantitative estimate of drug-likeness (QED) is 0.890. The summed E-state index contributed by atoms with van der Waals surface area (Å²) < 4.78 is 0. The molecular weight excluding hydrogens is 350 g/mol. The van der Waals surface area contributed by atoms with Crippen LogP contribution in [0.15, 0.2) is 54.6 Å². The van der Waals surface area contributed by atoms with Gasteiger partial charge in [0.2, 0.25) is 11.8 Å². The van der Waals surface area contributed by atoms with E-state index in [1.165, 1.54) is 11.1 Å². The second kappa shape index (κ2) is 8.15. The van der Waals surface area contributed by atoms with E-state index in [1.807, 2.05) is 41.3 Å². The minimum absolute atomic E-state index is 0.0332. The number of nitrogens with two attached hydrogens (primary N) is 1. The molecule has 2 aliphatic heterocycles. The predicted octanol–water partition coefficient (Wildman–Crippen LogP) is 2.51. The van der Waals surface area contributed by atoms with Crippen LogP contribution in [0, 0.1) is 5.92 Å². The van der Waals surface area contributed by atoms with Crippen molar-refractivity contribution < 1.29 is 9.59 Å². The Morgan fingerprint density at radius 1 is 0.893 bits per heavy atom. The number of primary amides is 1. The van der Waals surface area contributed by atoms with E-state index in [1.54, 1.807) is 0 Å². The number of carbonyl (C=O) groups excluding carboxylic acids is 2. The average Bonchev–Trinajstić information content (AvgIpc) is 2.74. The van der Waals surface area contributed by atoms with Crippen LogP contribution in [0.4, 0.5) is 0 Å². The number of amides is 2. The van der Waals surface area contributed by atoms with Gasteiger partial charge in [-0.2, -0.15) is 0 Å². The summed E-state index contributed by atoms with van der Waals surface area (Å²) in [4.78, 5) is 29.3. The van der Waals surface area contributed by atoms with E-state index in [9.17, 15) is 9.59 Å². The smallest absolute Gasteiger partial charge is 0.239 e. The highest BCUT2D eigenvalue weighted by atomic mass is 16.2. The molecule has 0 radical (unpaired) electrons. The van der Waals surface area contributed by atoms with Gasteiger partial charge in [0.05, 0.1) is 0 Å². The topological polar surface area (TPSA) is 66.6 Å². The summed E-state index contributed by atoms with van der Waals surface area (Å²) in [6.45, 7) is 2.93. The van der Waals surface area contributed by atoms with Crippen LogP contribution in [0.5, 0.6) is 0 Å². The van der Waals surface area contributed by atoms with Gasteiger partial charge in [-0.1, -0.05) is 54.6 Å². The summed E-state index contributed by atoms with van der Waals surface area (Å²) in [5.41, 5.74) is 9.24. The summed E-state index contributed by atoms with van der Waals surface area (Å²) in [5, 5.41) is 0. The SMILES string of the molecule is NC(=O)[C@H](c1ccccc1)N1CCC(C(=O)N2CCc3ccccc3C2)CC1. The van der Waals surface area contributed by atoms with Gasteiger partial charge in [0.25, 0.3) is 0 Å². The zero-order chi connectivity index (χ0) is 19.5. The van der Waals surface area contributed by atoms with Gasteiger partial charge in [0.1, 0.15) is 6.04 Å². The van der Waals surface area contributed by atoms with Gasteiger partial charge in [0.15, 0.2) is 0 Å². The molecule has 5 heteroatoms. The zero-order valence-electron chi connectivity index (χ0n) is 16.1. The van der Waals surface area contributed by atoms with E-state index in [4.69, 9.17) is 5.73 Å². The maximum absolute atomic E-state index is 13.1. The lowest BCUT2D eigenvalue weighted by Gasteiger charge is -2.38. The van der Waals surface area contributed by atoms with Gasteiger partial charge in [-0.05, 0) is 49.0 Å². The Balaban J connectivity index is 1.39. The van der Waals surface area contributed by atoms with Crippen molar-refractivity contribution in [2.45, 2.75) is 31.8 Å². The standard InChI is InChI=1S/C23H27N3O2/c24-22(27)21(18-7-2-1-3-8-18)25-13-11-19(12-14-25)23(28)26-15-10-17-6-4-5-9-20(17)16-26/h1-9,19,21H,10-16H2,(H2,24,27)/t21-/m0/s1. The van der Waals surface area contributed by atoms with Gasteiger partial charge in [0, 0.05) is 19.0 Å². The molecule has 1 fully saturated rings. The molecule has 2 aromatic rings. The van der Waals surface area contributed by atoms with E-state index in [0.29, 0.717) is 19.6 Å². The minimum Gasteiger partial charge on any atom is -0.368 e. The first kappa shape index (κ1) is 18.7. The molecule has 4 rings (SSSR count). The molecule has 2 aliphatic rings. The van der Waals surface area contributed by atoms with Crippen molar-refractivity contribution in [1.29, 1.82) is 0 Å². The van der Waals surface area contributed by atoms with Gasteiger partial charge in [-0.15, -0.1) is 0 Å². The van der Waals surface area contributed by atoms with Gasteiger partial charge >= 0.3 is 0 Å². The zero-order valence-corrected chi connectivity index (χ0v) is 16.1. The highest BCUT2D eigenvalue weighted by Crippen LogP contribution is 2.29. The van der Waals surface area contributed by atoms with Crippen molar-refractivity contribution in [3.05, 3.63) is 71.3 Å². The summed E-state index contributed by atoms with van der Waals surface area (Å²) in [7, 11) is 0. The molecule has 1 saturated heterocycles. The lowest BCUT2D eigenvalue weighted by atomic mass is 9.91. The monoisotopic (exact) mass is 377 g/mol. The van der Waals surface area contributed by atoms with Crippen molar-refractivity contribution in [2.24, 2.45) is 11.7 Å². The Bertz CT molecular complexity index is 844. The van der Waals surface area contributed by atoms with Crippen LogP contribution in [0.25, 0.3) is 0 Å². The second-order valence-corrected chi connectivity index (χ2v) is 7.80. The Morgan fingerprint density at radius 2 is 1.54 bits per heavy atom. The summed E-state index contributed by atoms with van der Waals surface area (Å²) in [6, 6.07) is 17.6. The van der Waals surface area contributed by atoms with Crippen molar-refractivity contribution in [3.63, 3.8) is 0 Å². The van der Waals surface area contributed by atoms with E-state index in [0.717, 1.165) is 31.4 Å². The highest BCUT2D eigenvalue weighted by molar-refractivity contribution is 5.82. The molecule has 146 valence electrons. The molecule has 2 aromatic carbocycles. The van der Waals surface area contributed by atoms with Crippen molar-refractivity contribution in [1.82, 2.24) is 9.80 Å². The molecule has 0 unspecified atom stereocenters. The van der Waals surface area contributed by atoms with Crippen molar-refractivity contribution in [3.8, 4) is 0 Å². The first-order valence-electron chi connectivity index (χ1n) is 10.1. The Hall–Kier alpha value is -2.66. The Labute approximate surface area is 166 Å². The number of fused-ring (bicyclic) bond motifs is 1. The van der Waals surface area contributed by atoms with Gasteiger partial charge in [-0.3, -0.25) is 14.5 Å². The van der Waals surface area contributed by atoms with Crippen LogP contribution in [-0.2, 0) is 22.6 Å². The summed E-state index contributed by atoms with van der Waals surface area (Å²) in [5.74, 6) is -0.0427. The van der Waals surface area contributed by atoms with Crippen molar-refractivity contribution in [2.75, 3.05) is 19.6 Å². The largest absolute Gasteiger partial charge is 0.368 e. The molecule has 28 heavy (non-hydrogen) atoms. The number of hydrogen-bond acceptors (Lipinski definition) is 3. The maximum Gasteiger partial charge on any atom is 0.239 e. The predicted molar refractivity (Wildman–Crippen MR) is 108 cm³/mol. The van der Waals surface area contributed by atoms with Crippen LogP contribution in [0.3, 0.4) is 0 Å². The van der Waals surface area contributed by atoms with Gasteiger partial charge < -0.3 is 10.6 Å². The molecule has 5 nitrogen and oxygen atoms in total. The van der Waals surface area contributed by atoms with E-state index < -0.39 is 6.04 Å². The molecule has 0 aliphatic carbocycles. The van der Waals surface area contributed by atoms with Crippen LogP contribution in [0.1, 0.15) is 35.6 Å². The number of nitrogens with zero attached hydrogens (tertiary/aromatic N) is 2. The van der Waals surface area contributed by atoms with Crippen LogP contribution < -0.4 is 5.73 Å². The van der Waals surface area contributed by atoms with Crippen LogP contribution >= 0.6 is 0 Å². The lowest BCUT2D eigenvalue weighted by molar-refractivity contribution is -0.138. The highest BCUT2D eigenvalue weighted by Gasteiger charge is 2.34. The molecule has 2 amide bonds. The lowest BCUT2D eigenvalue weighted by Crippen LogP contribution is -2.47. The normalized spacial score (nSPS) is 19.1. The minimum atomic E-state index is -0.417. The number of likely N-dealkylation sites (tertiary alicyclic amines) is 1.